The predicted octanol–water partition coefficient (Wildman–Crippen LogP) is 5.33. The summed E-state index contributed by atoms with van der Waals surface area (Å²) in [7, 11) is 1.37. The minimum Gasteiger partial charge on any atom is -0.495 e. The van der Waals surface area contributed by atoms with Crippen LogP contribution in [-0.2, 0) is 15.0 Å². The smallest absolute Gasteiger partial charge is 0.248 e. The number of methoxy groups -OCH3 is 1. The summed E-state index contributed by atoms with van der Waals surface area (Å²) in [5.74, 6) is -3.43. The molecule has 0 aromatic heterocycles. The molecule has 1 aliphatic carbocycles. The number of benzene rings is 3. The summed E-state index contributed by atoms with van der Waals surface area (Å²) in [5.41, 5.74) is 4.64. The lowest BCUT2D eigenvalue weighted by molar-refractivity contribution is -0.122. The summed E-state index contributed by atoms with van der Waals surface area (Å²) in [6.45, 7) is -0.590. The normalized spacial score (nSPS) is 24.9. The Kier molecular flexibility index (Phi) is 7.35. The summed E-state index contributed by atoms with van der Waals surface area (Å²) >= 11 is 12.5. The van der Waals surface area contributed by atoms with E-state index in [-0.39, 0.29) is 34.0 Å². The highest BCUT2D eigenvalue weighted by Gasteiger charge is 2.67. The Morgan fingerprint density at radius 2 is 1.91 bits per heavy atom. The van der Waals surface area contributed by atoms with Crippen molar-refractivity contribution in [1.29, 1.82) is 0 Å². The van der Waals surface area contributed by atoms with Crippen LogP contribution >= 0.6 is 23.2 Å². The van der Waals surface area contributed by atoms with Crippen LogP contribution in [0.5, 0.6) is 5.75 Å². The molecule has 2 heterocycles. The van der Waals surface area contributed by atoms with Crippen LogP contribution in [0.2, 0.25) is 10.0 Å². The predicted molar refractivity (Wildman–Crippen MR) is 159 cm³/mol. The Morgan fingerprint density at radius 1 is 1.14 bits per heavy atom. The van der Waals surface area contributed by atoms with Crippen LogP contribution < -0.4 is 26.4 Å². The number of alkyl halides is 1. The molecule has 4 unspecified atom stereocenters. The van der Waals surface area contributed by atoms with E-state index < -0.39 is 59.0 Å². The van der Waals surface area contributed by atoms with Crippen molar-refractivity contribution in [3.05, 3.63) is 87.2 Å². The van der Waals surface area contributed by atoms with Gasteiger partial charge in [-0.2, -0.15) is 0 Å². The number of nitrogens with one attached hydrogen (secondary N) is 3. The number of primary amides is 1. The van der Waals surface area contributed by atoms with Crippen LogP contribution in [0.4, 0.5) is 20.2 Å². The molecule has 3 aromatic carbocycles. The van der Waals surface area contributed by atoms with Crippen molar-refractivity contribution in [2.75, 3.05) is 24.4 Å². The minimum atomic E-state index is -1.52. The van der Waals surface area contributed by atoms with E-state index in [0.29, 0.717) is 29.1 Å². The Labute approximate surface area is 256 Å². The highest BCUT2D eigenvalue weighted by molar-refractivity contribution is 6.31. The SMILES string of the molecule is COc1cc(C(N)=O)ccc1NC(=O)C1NC(CC2(CF)CC2)C2(C(=O)Nc3cc(Cl)ccc32)C1c1cccc(Cl)c1F. The van der Waals surface area contributed by atoms with Gasteiger partial charge in [-0.25, -0.2) is 4.39 Å². The van der Waals surface area contributed by atoms with Crippen LogP contribution in [0.15, 0.2) is 54.6 Å². The fourth-order valence-electron chi connectivity index (χ4n) is 6.70. The first-order chi connectivity index (χ1) is 20.5. The summed E-state index contributed by atoms with van der Waals surface area (Å²) < 4.78 is 35.6. The average Bonchev–Trinajstić information content (AvgIpc) is 3.60. The second-order valence-corrected chi connectivity index (χ2v) is 12.3. The summed E-state index contributed by atoms with van der Waals surface area (Å²) in [5, 5.41) is 9.24. The van der Waals surface area contributed by atoms with Crippen molar-refractivity contribution >= 4 is 52.3 Å². The van der Waals surface area contributed by atoms with Gasteiger partial charge in [-0.1, -0.05) is 41.4 Å². The number of rotatable bonds is 8. The monoisotopic (exact) mass is 628 g/mol. The van der Waals surface area contributed by atoms with Crippen molar-refractivity contribution in [3.63, 3.8) is 0 Å². The third kappa shape index (κ3) is 4.72. The largest absolute Gasteiger partial charge is 0.495 e. The lowest BCUT2D eigenvalue weighted by atomic mass is 9.63. The van der Waals surface area contributed by atoms with Gasteiger partial charge in [-0.3, -0.25) is 18.8 Å². The van der Waals surface area contributed by atoms with Crippen molar-refractivity contribution in [1.82, 2.24) is 5.32 Å². The van der Waals surface area contributed by atoms with Crippen molar-refractivity contribution in [3.8, 4) is 5.75 Å². The highest BCUT2D eigenvalue weighted by Crippen LogP contribution is 2.60. The zero-order valence-corrected chi connectivity index (χ0v) is 24.5. The maximum absolute atomic E-state index is 15.9. The van der Waals surface area contributed by atoms with E-state index in [9.17, 15) is 18.8 Å². The van der Waals surface area contributed by atoms with Crippen LogP contribution in [0, 0.1) is 11.2 Å². The van der Waals surface area contributed by atoms with Gasteiger partial charge < -0.3 is 26.4 Å². The minimum absolute atomic E-state index is 0.0572. The van der Waals surface area contributed by atoms with Gasteiger partial charge in [0.25, 0.3) is 0 Å². The molecule has 1 spiro atoms. The molecule has 224 valence electrons. The van der Waals surface area contributed by atoms with Gasteiger partial charge in [0, 0.05) is 33.6 Å². The third-order valence-corrected chi connectivity index (χ3v) is 9.55. The van der Waals surface area contributed by atoms with Gasteiger partial charge >= 0.3 is 0 Å². The van der Waals surface area contributed by atoms with Gasteiger partial charge in [0.1, 0.15) is 17.0 Å². The average molecular weight is 629 g/mol. The molecule has 0 bridgehead atoms. The fraction of sp³-hybridized carbons (Fsp3) is 0.323. The number of anilines is 2. The second kappa shape index (κ2) is 10.8. The summed E-state index contributed by atoms with van der Waals surface area (Å²) in [6, 6.07) is 11.7. The maximum Gasteiger partial charge on any atom is 0.248 e. The molecule has 4 atom stereocenters. The molecule has 43 heavy (non-hydrogen) atoms. The van der Waals surface area contributed by atoms with Crippen molar-refractivity contribution < 1.29 is 27.9 Å². The molecule has 3 amide bonds. The van der Waals surface area contributed by atoms with E-state index in [1.165, 1.54) is 37.4 Å². The molecule has 3 aromatic rings. The number of ether oxygens (including phenoxy) is 1. The molecule has 0 radical (unpaired) electrons. The number of halogens is 4. The van der Waals surface area contributed by atoms with Gasteiger partial charge in [0.05, 0.1) is 30.5 Å². The Balaban J connectivity index is 1.52. The van der Waals surface area contributed by atoms with Crippen LogP contribution in [0.1, 0.15) is 46.7 Å². The van der Waals surface area contributed by atoms with E-state index in [1.807, 2.05) is 0 Å². The Morgan fingerprint density at radius 3 is 2.58 bits per heavy atom. The Hall–Kier alpha value is -3.73. The number of hydrogen-bond donors (Lipinski definition) is 4. The van der Waals surface area contributed by atoms with Gasteiger partial charge in [-0.05, 0) is 66.8 Å². The molecular formula is C31H28Cl2F2N4O4. The molecule has 6 rings (SSSR count). The number of hydrogen-bond acceptors (Lipinski definition) is 5. The highest BCUT2D eigenvalue weighted by atomic mass is 35.5. The van der Waals surface area contributed by atoms with Crippen LogP contribution in [0.25, 0.3) is 0 Å². The number of fused-ring (bicyclic) bond motifs is 2. The van der Waals surface area contributed by atoms with Crippen molar-refractivity contribution in [2.24, 2.45) is 11.1 Å². The third-order valence-electron chi connectivity index (χ3n) is 9.03. The quantitative estimate of drug-likeness (QED) is 0.268. The standard InChI is InChI=1S/C31H28Cl2F2N4O4/c1-43-22-11-15(27(36)40)5-8-20(22)37-28(41)26-24(17-3-2-4-19(33)25(17)35)31(23(39-26)13-30(14-34)9-10-30)18-7-6-16(32)12-21(18)38-29(31)42/h2-8,11-12,23-24,26,39H,9-10,13-14H2,1H3,(H2,36,40)(H,37,41)(H,38,42). The maximum atomic E-state index is 15.9. The number of carbonyl (C=O) groups is 3. The van der Waals surface area contributed by atoms with Gasteiger partial charge in [0.2, 0.25) is 17.7 Å². The van der Waals surface area contributed by atoms with Crippen LogP contribution in [-0.4, -0.2) is 43.6 Å². The van der Waals surface area contributed by atoms with E-state index in [0.717, 1.165) is 0 Å². The second-order valence-electron chi connectivity index (χ2n) is 11.4. The first-order valence-electron chi connectivity index (χ1n) is 13.7. The van der Waals surface area contributed by atoms with Crippen LogP contribution in [0.3, 0.4) is 0 Å². The molecule has 5 N–H and O–H groups in total. The number of carbonyl (C=O) groups excluding carboxylic acids is 3. The number of nitrogens with two attached hydrogens (primary N) is 1. The molecule has 1 saturated carbocycles. The topological polar surface area (TPSA) is 123 Å². The first-order valence-corrected chi connectivity index (χ1v) is 14.5. The molecule has 2 aliphatic heterocycles. The fourth-order valence-corrected chi connectivity index (χ4v) is 7.05. The lowest BCUT2D eigenvalue weighted by Crippen LogP contribution is -2.49. The van der Waals surface area contributed by atoms with Gasteiger partial charge in [-0.15, -0.1) is 0 Å². The van der Waals surface area contributed by atoms with Crippen molar-refractivity contribution in [2.45, 2.75) is 42.7 Å². The van der Waals surface area contributed by atoms with E-state index in [1.54, 1.807) is 24.3 Å². The summed E-state index contributed by atoms with van der Waals surface area (Å²) in [4.78, 5) is 40.1. The summed E-state index contributed by atoms with van der Waals surface area (Å²) in [6.07, 6.45) is 1.49. The molecule has 12 heteroatoms. The van der Waals surface area contributed by atoms with Gasteiger partial charge in [0.15, 0.2) is 0 Å². The van der Waals surface area contributed by atoms with E-state index in [4.69, 9.17) is 33.7 Å². The first kappa shape index (κ1) is 29.3. The Bertz CT molecular complexity index is 1670. The molecule has 1 saturated heterocycles. The zero-order valence-electron chi connectivity index (χ0n) is 23.0. The number of amides is 3. The molecular weight excluding hydrogens is 601 g/mol. The molecule has 8 nitrogen and oxygen atoms in total. The van der Waals surface area contributed by atoms with E-state index >= 15 is 4.39 Å². The lowest BCUT2D eigenvalue weighted by Gasteiger charge is -2.36. The molecule has 3 aliphatic rings. The molecule has 2 fully saturated rings. The zero-order chi connectivity index (χ0) is 30.7. The van der Waals surface area contributed by atoms with E-state index in [2.05, 4.69) is 16.0 Å².